The van der Waals surface area contributed by atoms with Crippen LogP contribution in [0.3, 0.4) is 0 Å². The molecule has 3 rings (SSSR count). The van der Waals surface area contributed by atoms with Crippen LogP contribution in [0.25, 0.3) is 0 Å². The molecule has 0 radical (unpaired) electrons. The van der Waals surface area contributed by atoms with Gasteiger partial charge in [0.1, 0.15) is 11.5 Å². The zero-order valence-electron chi connectivity index (χ0n) is 14.9. The summed E-state index contributed by atoms with van der Waals surface area (Å²) in [6.07, 6.45) is 0.605. The van der Waals surface area contributed by atoms with E-state index < -0.39 is 4.92 Å². The van der Waals surface area contributed by atoms with Crippen LogP contribution in [0.1, 0.15) is 22.3 Å². The molecular weight excluding hydrogens is 352 g/mol. The second-order valence-corrected chi connectivity index (χ2v) is 6.04. The maximum atomic E-state index is 12.8. The predicted molar refractivity (Wildman–Crippen MR) is 97.6 cm³/mol. The molecule has 0 aliphatic carbocycles. The molecule has 0 saturated heterocycles. The van der Waals surface area contributed by atoms with Crippen molar-refractivity contribution in [1.29, 1.82) is 0 Å². The number of carbonyl (C=O) groups excluding carboxylic acids is 2. The Hall–Kier alpha value is -3.42. The van der Waals surface area contributed by atoms with E-state index in [1.165, 1.54) is 37.3 Å². The minimum absolute atomic E-state index is 0.0359. The van der Waals surface area contributed by atoms with Gasteiger partial charge in [-0.2, -0.15) is 0 Å². The predicted octanol–water partition coefficient (Wildman–Crippen LogP) is 2.77. The number of nitrogens with zero attached hydrogens (tertiary/aromatic N) is 2. The van der Waals surface area contributed by atoms with Gasteiger partial charge in [-0.15, -0.1) is 0 Å². The number of hydrogen-bond acceptors (Lipinski definition) is 6. The number of nitro groups is 1. The lowest BCUT2D eigenvalue weighted by atomic mass is 9.99. The smallest absolute Gasteiger partial charge is 0.269 e. The van der Waals surface area contributed by atoms with Crippen molar-refractivity contribution in [3.05, 3.63) is 57.6 Å². The Kier molecular flexibility index (Phi) is 5.07. The van der Waals surface area contributed by atoms with Gasteiger partial charge in [0.05, 0.1) is 31.3 Å². The second kappa shape index (κ2) is 7.45. The van der Waals surface area contributed by atoms with Crippen molar-refractivity contribution in [3.63, 3.8) is 0 Å². The summed E-state index contributed by atoms with van der Waals surface area (Å²) < 4.78 is 10.4. The number of hydrogen-bond donors (Lipinski definition) is 0. The number of non-ortho nitro benzene ring substituents is 1. The monoisotopic (exact) mass is 370 g/mol. The van der Waals surface area contributed by atoms with Crippen molar-refractivity contribution in [2.45, 2.75) is 12.8 Å². The SMILES string of the molecule is COc1ccc(C(=O)CN2C(=O)CCc3cc([N+](=O)[O-])ccc32)c(OC)c1. The number of Topliss-reactive ketones (excluding diaryl/α,β-unsaturated/α-hetero) is 1. The van der Waals surface area contributed by atoms with Crippen molar-refractivity contribution >= 4 is 23.1 Å². The topological polar surface area (TPSA) is 99.0 Å². The zero-order valence-corrected chi connectivity index (χ0v) is 14.9. The molecule has 27 heavy (non-hydrogen) atoms. The molecule has 2 aromatic rings. The summed E-state index contributed by atoms with van der Waals surface area (Å²) in [6.45, 7) is -0.174. The van der Waals surface area contributed by atoms with Crippen LogP contribution in [0.2, 0.25) is 0 Å². The first-order valence-electron chi connectivity index (χ1n) is 8.27. The fourth-order valence-corrected chi connectivity index (χ4v) is 3.09. The van der Waals surface area contributed by atoms with E-state index >= 15 is 0 Å². The molecule has 0 bridgehead atoms. The molecule has 8 nitrogen and oxygen atoms in total. The van der Waals surface area contributed by atoms with Gasteiger partial charge in [0.25, 0.3) is 5.69 Å². The molecule has 1 heterocycles. The number of aryl methyl sites for hydroxylation is 1. The van der Waals surface area contributed by atoms with Crippen molar-refractivity contribution in [3.8, 4) is 11.5 Å². The Morgan fingerprint density at radius 1 is 1.15 bits per heavy atom. The molecular formula is C19H18N2O6. The molecule has 0 N–H and O–H groups in total. The van der Waals surface area contributed by atoms with Crippen LogP contribution in [-0.4, -0.2) is 37.4 Å². The molecule has 0 unspecified atom stereocenters. The van der Waals surface area contributed by atoms with E-state index in [1.54, 1.807) is 18.2 Å². The number of carbonyl (C=O) groups is 2. The fourth-order valence-electron chi connectivity index (χ4n) is 3.09. The average Bonchev–Trinajstić information content (AvgIpc) is 2.68. The molecule has 1 amide bonds. The third-order valence-corrected chi connectivity index (χ3v) is 4.48. The largest absolute Gasteiger partial charge is 0.497 e. The maximum absolute atomic E-state index is 12.8. The summed E-state index contributed by atoms with van der Waals surface area (Å²) >= 11 is 0. The summed E-state index contributed by atoms with van der Waals surface area (Å²) in [6, 6.07) is 9.14. The highest BCUT2D eigenvalue weighted by Crippen LogP contribution is 2.32. The molecule has 0 fully saturated rings. The van der Waals surface area contributed by atoms with Gasteiger partial charge in [0.15, 0.2) is 5.78 Å². The van der Waals surface area contributed by atoms with Crippen LogP contribution in [0.15, 0.2) is 36.4 Å². The molecule has 0 atom stereocenters. The number of fused-ring (bicyclic) bond motifs is 1. The van der Waals surface area contributed by atoms with Crippen LogP contribution >= 0.6 is 0 Å². The molecule has 0 saturated carbocycles. The molecule has 2 aromatic carbocycles. The van der Waals surface area contributed by atoms with E-state index in [1.807, 2.05) is 0 Å². The van der Waals surface area contributed by atoms with E-state index in [0.717, 1.165) is 0 Å². The van der Waals surface area contributed by atoms with Gasteiger partial charge in [-0.05, 0) is 30.2 Å². The van der Waals surface area contributed by atoms with E-state index in [2.05, 4.69) is 0 Å². The normalized spacial score (nSPS) is 13.1. The third-order valence-electron chi connectivity index (χ3n) is 4.48. The average molecular weight is 370 g/mol. The summed E-state index contributed by atoms with van der Waals surface area (Å²) in [4.78, 5) is 37.0. The highest BCUT2D eigenvalue weighted by atomic mass is 16.6. The van der Waals surface area contributed by atoms with Gasteiger partial charge in [-0.1, -0.05) is 0 Å². The van der Waals surface area contributed by atoms with Crippen LogP contribution in [0.4, 0.5) is 11.4 Å². The van der Waals surface area contributed by atoms with Gasteiger partial charge in [-0.3, -0.25) is 19.7 Å². The number of benzene rings is 2. The van der Waals surface area contributed by atoms with E-state index in [-0.39, 0.29) is 30.3 Å². The third kappa shape index (κ3) is 3.59. The number of methoxy groups -OCH3 is 2. The summed E-state index contributed by atoms with van der Waals surface area (Å²) in [5, 5.41) is 11.0. The number of ketones is 1. The van der Waals surface area contributed by atoms with Crippen LogP contribution < -0.4 is 14.4 Å². The molecule has 1 aliphatic rings. The molecule has 0 aromatic heterocycles. The Balaban J connectivity index is 1.91. The van der Waals surface area contributed by atoms with Crippen molar-refractivity contribution in [1.82, 2.24) is 0 Å². The summed E-state index contributed by atoms with van der Waals surface area (Å²) in [5.41, 5.74) is 1.50. The second-order valence-electron chi connectivity index (χ2n) is 6.04. The molecule has 8 heteroatoms. The Morgan fingerprint density at radius 2 is 1.93 bits per heavy atom. The number of nitro benzene ring substituents is 1. The first-order chi connectivity index (χ1) is 12.9. The van der Waals surface area contributed by atoms with Gasteiger partial charge < -0.3 is 14.4 Å². The van der Waals surface area contributed by atoms with Crippen molar-refractivity contribution in [2.24, 2.45) is 0 Å². The van der Waals surface area contributed by atoms with Gasteiger partial charge >= 0.3 is 0 Å². The lowest BCUT2D eigenvalue weighted by Gasteiger charge is -2.28. The Labute approximate surface area is 155 Å². The number of rotatable bonds is 6. The van der Waals surface area contributed by atoms with Gasteiger partial charge in [0.2, 0.25) is 5.91 Å². The lowest BCUT2D eigenvalue weighted by molar-refractivity contribution is -0.384. The number of amides is 1. The van der Waals surface area contributed by atoms with E-state index in [0.29, 0.717) is 34.7 Å². The Morgan fingerprint density at radius 3 is 2.59 bits per heavy atom. The molecule has 0 spiro atoms. The zero-order chi connectivity index (χ0) is 19.6. The highest BCUT2D eigenvalue weighted by molar-refractivity contribution is 6.08. The van der Waals surface area contributed by atoms with Gasteiger partial charge in [0, 0.05) is 30.3 Å². The first kappa shape index (κ1) is 18.4. The lowest BCUT2D eigenvalue weighted by Crippen LogP contribution is -2.39. The van der Waals surface area contributed by atoms with Crippen molar-refractivity contribution in [2.75, 3.05) is 25.7 Å². The van der Waals surface area contributed by atoms with Crippen molar-refractivity contribution < 1.29 is 24.0 Å². The van der Waals surface area contributed by atoms with Crippen LogP contribution in [0, 0.1) is 10.1 Å². The van der Waals surface area contributed by atoms with E-state index in [4.69, 9.17) is 9.47 Å². The highest BCUT2D eigenvalue weighted by Gasteiger charge is 2.28. The molecule has 140 valence electrons. The quantitative estimate of drug-likeness (QED) is 0.440. The first-order valence-corrected chi connectivity index (χ1v) is 8.27. The van der Waals surface area contributed by atoms with Crippen LogP contribution in [-0.2, 0) is 11.2 Å². The van der Waals surface area contributed by atoms with Crippen LogP contribution in [0.5, 0.6) is 11.5 Å². The minimum atomic E-state index is -0.478. The minimum Gasteiger partial charge on any atom is -0.497 e. The number of ether oxygens (including phenoxy) is 2. The number of anilines is 1. The van der Waals surface area contributed by atoms with E-state index in [9.17, 15) is 19.7 Å². The summed E-state index contributed by atoms with van der Waals surface area (Å²) in [5.74, 6) is 0.411. The summed E-state index contributed by atoms with van der Waals surface area (Å²) in [7, 11) is 2.96. The van der Waals surface area contributed by atoms with Gasteiger partial charge in [-0.25, -0.2) is 0 Å². The maximum Gasteiger partial charge on any atom is 0.269 e. The fraction of sp³-hybridized carbons (Fsp3) is 0.263. The standard InChI is InChI=1S/C19H18N2O6/c1-26-14-5-6-15(18(10-14)27-2)17(22)11-20-16-7-4-13(21(24)25)9-12(16)3-8-19(20)23/h4-7,9-10H,3,8,11H2,1-2H3. The molecule has 1 aliphatic heterocycles. The Bertz CT molecular complexity index is 924.